The number of fused-ring (bicyclic) bond motifs is 3. The third kappa shape index (κ3) is 2.02. The van der Waals surface area contributed by atoms with Crippen molar-refractivity contribution in [2.45, 2.75) is 26.9 Å². The topological polar surface area (TPSA) is 6.48 Å². The van der Waals surface area contributed by atoms with Crippen LogP contribution in [-0.2, 0) is 0 Å². The summed E-state index contributed by atoms with van der Waals surface area (Å²) < 4.78 is 0. The predicted octanol–water partition coefficient (Wildman–Crippen LogP) is 5.18. The molecular formula is C21H22N2. The quantitative estimate of drug-likeness (QED) is 0.572. The van der Waals surface area contributed by atoms with Crippen LogP contribution in [-0.4, -0.2) is 18.1 Å². The molecule has 0 amide bonds. The number of aryl methyl sites for hydroxylation is 2. The van der Waals surface area contributed by atoms with E-state index in [1.165, 1.54) is 38.4 Å². The fraction of sp³-hybridized carbons (Fsp3) is 0.238. The Morgan fingerprint density at radius 1 is 0.870 bits per heavy atom. The van der Waals surface area contributed by atoms with Gasteiger partial charge >= 0.3 is 0 Å². The molecule has 3 aromatic carbocycles. The summed E-state index contributed by atoms with van der Waals surface area (Å²) in [5.41, 5.74) is 4.00. The molecule has 4 rings (SSSR count). The van der Waals surface area contributed by atoms with Gasteiger partial charge in [0.05, 0.1) is 5.69 Å². The normalized spacial score (nSPS) is 17.7. The zero-order valence-electron chi connectivity index (χ0n) is 14.2. The Morgan fingerprint density at radius 3 is 2.39 bits per heavy atom. The van der Waals surface area contributed by atoms with E-state index in [2.05, 4.69) is 92.5 Å². The second kappa shape index (κ2) is 5.02. The molecule has 0 unspecified atom stereocenters. The summed E-state index contributed by atoms with van der Waals surface area (Å²) in [6.07, 6.45) is 4.68. The molecule has 0 N–H and O–H groups in total. The van der Waals surface area contributed by atoms with Crippen LogP contribution in [0.1, 0.15) is 18.1 Å². The van der Waals surface area contributed by atoms with Gasteiger partial charge in [0.15, 0.2) is 0 Å². The van der Waals surface area contributed by atoms with Gasteiger partial charge in [0.1, 0.15) is 6.17 Å². The Kier molecular flexibility index (Phi) is 3.08. The zero-order chi connectivity index (χ0) is 16.1. The van der Waals surface area contributed by atoms with E-state index in [4.69, 9.17) is 0 Å². The molecule has 23 heavy (non-hydrogen) atoms. The monoisotopic (exact) mass is 302 g/mol. The molecule has 2 heteroatoms. The zero-order valence-corrected chi connectivity index (χ0v) is 14.2. The highest BCUT2D eigenvalue weighted by atomic mass is 15.4. The third-order valence-electron chi connectivity index (χ3n) is 5.10. The Morgan fingerprint density at radius 2 is 1.65 bits per heavy atom. The largest absolute Gasteiger partial charge is 0.359 e. The summed E-state index contributed by atoms with van der Waals surface area (Å²) in [6, 6.07) is 15.5. The van der Waals surface area contributed by atoms with Crippen molar-refractivity contribution in [3.05, 3.63) is 66.0 Å². The van der Waals surface area contributed by atoms with Gasteiger partial charge in [-0.2, -0.15) is 0 Å². The fourth-order valence-corrected chi connectivity index (χ4v) is 3.80. The molecule has 0 saturated carbocycles. The van der Waals surface area contributed by atoms with Gasteiger partial charge in [-0.3, -0.25) is 0 Å². The van der Waals surface area contributed by atoms with Gasteiger partial charge in [0, 0.05) is 24.8 Å². The van der Waals surface area contributed by atoms with Crippen molar-refractivity contribution in [2.24, 2.45) is 0 Å². The molecule has 116 valence electrons. The van der Waals surface area contributed by atoms with E-state index >= 15 is 0 Å². The van der Waals surface area contributed by atoms with Crippen LogP contribution < -0.4 is 4.90 Å². The molecule has 0 spiro atoms. The van der Waals surface area contributed by atoms with E-state index in [1.807, 2.05) is 0 Å². The van der Waals surface area contributed by atoms with Crippen molar-refractivity contribution in [2.75, 3.05) is 11.9 Å². The first kappa shape index (κ1) is 14.1. The standard InChI is InChI=1S/C21H22N2/c1-14-13-15(2)21(23-12-11-22(4)16(23)3)19-10-9-17-7-5-6-8-18(17)20(14)19/h5-13,16H,1-4H3/t16-/m0/s1. The molecule has 0 radical (unpaired) electrons. The van der Waals surface area contributed by atoms with E-state index in [-0.39, 0.29) is 0 Å². The molecule has 0 fully saturated rings. The van der Waals surface area contributed by atoms with Crippen molar-refractivity contribution in [1.82, 2.24) is 4.90 Å². The first-order valence-corrected chi connectivity index (χ1v) is 8.18. The van der Waals surface area contributed by atoms with E-state index in [0.29, 0.717) is 6.17 Å². The van der Waals surface area contributed by atoms with Crippen LogP contribution in [0.5, 0.6) is 0 Å². The number of nitrogens with zero attached hydrogens (tertiary/aromatic N) is 2. The summed E-state index contributed by atoms with van der Waals surface area (Å²) in [6.45, 7) is 6.68. The minimum atomic E-state index is 0.339. The smallest absolute Gasteiger partial charge is 0.102 e. The number of anilines is 1. The van der Waals surface area contributed by atoms with E-state index in [1.54, 1.807) is 0 Å². The predicted molar refractivity (Wildman–Crippen MR) is 99.8 cm³/mol. The summed E-state index contributed by atoms with van der Waals surface area (Å²) in [4.78, 5) is 4.62. The first-order chi connectivity index (χ1) is 11.1. The van der Waals surface area contributed by atoms with Gasteiger partial charge in [-0.15, -0.1) is 0 Å². The highest BCUT2D eigenvalue weighted by molar-refractivity contribution is 6.13. The van der Waals surface area contributed by atoms with Gasteiger partial charge in [-0.25, -0.2) is 0 Å². The maximum Gasteiger partial charge on any atom is 0.102 e. The van der Waals surface area contributed by atoms with Crippen LogP contribution in [0.2, 0.25) is 0 Å². The van der Waals surface area contributed by atoms with Crippen LogP contribution in [0, 0.1) is 13.8 Å². The maximum atomic E-state index is 2.38. The van der Waals surface area contributed by atoms with Crippen LogP contribution >= 0.6 is 0 Å². The van der Waals surface area contributed by atoms with Crippen LogP contribution in [0.25, 0.3) is 21.5 Å². The molecule has 1 aliphatic rings. The second-order valence-corrected chi connectivity index (χ2v) is 6.57. The molecule has 0 saturated heterocycles. The van der Waals surface area contributed by atoms with Gasteiger partial charge in [-0.1, -0.05) is 42.5 Å². The third-order valence-corrected chi connectivity index (χ3v) is 5.10. The Hall–Kier alpha value is -2.48. The molecule has 0 aliphatic carbocycles. The Balaban J connectivity index is 2.09. The fourth-order valence-electron chi connectivity index (χ4n) is 3.80. The van der Waals surface area contributed by atoms with Gasteiger partial charge < -0.3 is 9.80 Å². The second-order valence-electron chi connectivity index (χ2n) is 6.57. The van der Waals surface area contributed by atoms with Gasteiger partial charge in [-0.05, 0) is 48.1 Å². The van der Waals surface area contributed by atoms with Crippen molar-refractivity contribution in [1.29, 1.82) is 0 Å². The van der Waals surface area contributed by atoms with Crippen LogP contribution in [0.3, 0.4) is 0 Å². The van der Waals surface area contributed by atoms with Crippen molar-refractivity contribution in [3.63, 3.8) is 0 Å². The Labute approximate surface area is 137 Å². The van der Waals surface area contributed by atoms with Crippen LogP contribution in [0.15, 0.2) is 54.9 Å². The molecular weight excluding hydrogens is 280 g/mol. The van der Waals surface area contributed by atoms with Crippen molar-refractivity contribution < 1.29 is 0 Å². The lowest BCUT2D eigenvalue weighted by Gasteiger charge is -2.30. The van der Waals surface area contributed by atoms with E-state index in [9.17, 15) is 0 Å². The lowest BCUT2D eigenvalue weighted by Crippen LogP contribution is -2.33. The molecule has 3 aromatic rings. The maximum absolute atomic E-state index is 2.38. The Bertz CT molecular complexity index is 939. The SMILES string of the molecule is Cc1cc(C)c2c(ccc3ccccc32)c1N1C=CN(C)[C@@H]1C. The molecule has 1 atom stereocenters. The highest BCUT2D eigenvalue weighted by Gasteiger charge is 2.24. The summed E-state index contributed by atoms with van der Waals surface area (Å²) in [5, 5.41) is 5.36. The number of benzene rings is 3. The lowest BCUT2D eigenvalue weighted by molar-refractivity contribution is 0.383. The minimum absolute atomic E-state index is 0.339. The van der Waals surface area contributed by atoms with Gasteiger partial charge in [0.25, 0.3) is 0 Å². The minimum Gasteiger partial charge on any atom is -0.359 e. The average molecular weight is 302 g/mol. The van der Waals surface area contributed by atoms with Crippen molar-refractivity contribution in [3.8, 4) is 0 Å². The van der Waals surface area contributed by atoms with E-state index in [0.717, 1.165) is 0 Å². The summed E-state index contributed by atoms with van der Waals surface area (Å²) >= 11 is 0. The number of rotatable bonds is 1. The number of hydrogen-bond donors (Lipinski definition) is 0. The summed E-state index contributed by atoms with van der Waals surface area (Å²) in [5.74, 6) is 0. The molecule has 0 aromatic heterocycles. The van der Waals surface area contributed by atoms with Crippen molar-refractivity contribution >= 4 is 27.2 Å². The average Bonchev–Trinajstić information content (AvgIpc) is 2.86. The van der Waals surface area contributed by atoms with Gasteiger partial charge in [0.2, 0.25) is 0 Å². The molecule has 1 aliphatic heterocycles. The van der Waals surface area contributed by atoms with E-state index < -0.39 is 0 Å². The number of hydrogen-bond acceptors (Lipinski definition) is 2. The highest BCUT2D eigenvalue weighted by Crippen LogP contribution is 2.39. The summed E-state index contributed by atoms with van der Waals surface area (Å²) in [7, 11) is 2.13. The van der Waals surface area contributed by atoms with Crippen LogP contribution in [0.4, 0.5) is 5.69 Å². The lowest BCUT2D eigenvalue weighted by atomic mass is 9.94. The first-order valence-electron chi connectivity index (χ1n) is 8.18. The molecule has 2 nitrogen and oxygen atoms in total. The molecule has 1 heterocycles. The molecule has 0 bridgehead atoms.